The van der Waals surface area contributed by atoms with Gasteiger partial charge in [-0.15, -0.1) is 0 Å². The number of anilines is 1. The lowest BCUT2D eigenvalue weighted by Crippen LogP contribution is -2.46. The molecule has 3 atom stereocenters. The summed E-state index contributed by atoms with van der Waals surface area (Å²) in [6, 6.07) is 0.296. The fraction of sp³-hybridized carbons (Fsp3) is 0.545. The van der Waals surface area contributed by atoms with Gasteiger partial charge in [-0.2, -0.15) is 31.4 Å². The van der Waals surface area contributed by atoms with E-state index in [1.54, 1.807) is 16.9 Å². The van der Waals surface area contributed by atoms with Crippen molar-refractivity contribution in [1.82, 2.24) is 20.1 Å². The highest BCUT2D eigenvalue weighted by molar-refractivity contribution is 5.76. The summed E-state index contributed by atoms with van der Waals surface area (Å²) in [5.41, 5.74) is -3.69. The van der Waals surface area contributed by atoms with Crippen molar-refractivity contribution in [3.8, 4) is 5.75 Å². The van der Waals surface area contributed by atoms with Gasteiger partial charge in [-0.3, -0.25) is 14.6 Å². The van der Waals surface area contributed by atoms with E-state index in [1.165, 1.54) is 0 Å². The molecular formula is C22H23F6N5O4. The van der Waals surface area contributed by atoms with Gasteiger partial charge in [-0.05, 0) is 19.4 Å². The highest BCUT2D eigenvalue weighted by atomic mass is 19.4. The number of ether oxygens (including phenoxy) is 2. The lowest BCUT2D eigenvalue weighted by Gasteiger charge is -2.33. The Morgan fingerprint density at radius 3 is 2.73 bits per heavy atom. The Balaban J connectivity index is 1.24. The van der Waals surface area contributed by atoms with E-state index in [2.05, 4.69) is 15.4 Å². The van der Waals surface area contributed by atoms with Gasteiger partial charge in [-0.1, -0.05) is 0 Å². The summed E-state index contributed by atoms with van der Waals surface area (Å²) in [5, 5.41) is 7.67. The van der Waals surface area contributed by atoms with E-state index in [1.807, 2.05) is 0 Å². The number of piperidine rings is 1. The van der Waals surface area contributed by atoms with Gasteiger partial charge in [-0.25, -0.2) is 5.10 Å². The minimum Gasteiger partial charge on any atom is -0.486 e. The number of rotatable bonds is 7. The monoisotopic (exact) mass is 535 g/mol. The van der Waals surface area contributed by atoms with E-state index >= 15 is 0 Å². The molecule has 4 rings (SSSR count). The van der Waals surface area contributed by atoms with Crippen molar-refractivity contribution in [2.45, 2.75) is 50.2 Å². The molecule has 0 radical (unpaired) electrons. The van der Waals surface area contributed by atoms with Crippen LogP contribution in [0.25, 0.3) is 0 Å². The Morgan fingerprint density at radius 2 is 2.03 bits per heavy atom. The molecular weight excluding hydrogens is 512 g/mol. The number of carbonyl (C=O) groups is 1. The van der Waals surface area contributed by atoms with Crippen LogP contribution in [-0.4, -0.2) is 64.4 Å². The van der Waals surface area contributed by atoms with Crippen LogP contribution >= 0.6 is 0 Å². The largest absolute Gasteiger partial charge is 0.486 e. The molecule has 1 saturated heterocycles. The molecule has 4 heterocycles. The first-order valence-electron chi connectivity index (χ1n) is 11.4. The number of fused-ring (bicyclic) bond motifs is 3. The summed E-state index contributed by atoms with van der Waals surface area (Å²) in [6.45, 7) is 2.05. The van der Waals surface area contributed by atoms with E-state index < -0.39 is 46.9 Å². The van der Waals surface area contributed by atoms with Crippen LogP contribution in [0.1, 0.15) is 42.5 Å². The van der Waals surface area contributed by atoms with Crippen LogP contribution < -0.4 is 15.6 Å². The average Bonchev–Trinajstić information content (AvgIpc) is 3.17. The molecule has 0 spiro atoms. The van der Waals surface area contributed by atoms with E-state index in [-0.39, 0.29) is 43.8 Å². The Morgan fingerprint density at radius 1 is 1.27 bits per heavy atom. The first-order valence-corrected chi connectivity index (χ1v) is 11.4. The maximum Gasteiger partial charge on any atom is 0.423 e. The molecule has 0 saturated carbocycles. The van der Waals surface area contributed by atoms with Crippen molar-refractivity contribution in [2.75, 3.05) is 31.6 Å². The van der Waals surface area contributed by atoms with Gasteiger partial charge in [0, 0.05) is 24.7 Å². The van der Waals surface area contributed by atoms with E-state index in [0.717, 1.165) is 18.5 Å². The number of amides is 1. The van der Waals surface area contributed by atoms with E-state index in [4.69, 9.17) is 9.47 Å². The maximum atomic E-state index is 13.1. The molecule has 15 heteroatoms. The first-order chi connectivity index (χ1) is 17.3. The molecule has 2 aromatic rings. The third kappa shape index (κ3) is 5.97. The number of H-pyrrole nitrogens is 1. The summed E-state index contributed by atoms with van der Waals surface area (Å²) in [5.74, 6) is -0.375. The molecule has 1 amide bonds. The van der Waals surface area contributed by atoms with Crippen LogP contribution in [0, 0.1) is 0 Å². The molecule has 2 aliphatic rings. The Bertz CT molecular complexity index is 1200. The number of pyridine rings is 1. The number of halogens is 6. The van der Waals surface area contributed by atoms with Crippen LogP contribution in [0.5, 0.6) is 5.75 Å². The minimum absolute atomic E-state index is 0.00606. The van der Waals surface area contributed by atoms with Gasteiger partial charge in [0.25, 0.3) is 5.56 Å². The van der Waals surface area contributed by atoms with Gasteiger partial charge in [0.05, 0.1) is 49.3 Å². The number of hydrogen-bond donors (Lipinski definition) is 2. The molecule has 0 bridgehead atoms. The Hall–Kier alpha value is -3.36. The summed E-state index contributed by atoms with van der Waals surface area (Å²) in [6.07, 6.45) is -7.80. The fourth-order valence-electron chi connectivity index (χ4n) is 4.40. The summed E-state index contributed by atoms with van der Waals surface area (Å²) >= 11 is 0. The standard InChI is InChI=1S/C22H23F6N5O4/c1-11(31-14-8-30-32-20(35)18(14)22(26,27)28)10-36-5-3-17(34)33-4-2-13-16(9-33)37-15-6-12(21(23,24)25)7-29-19(13)15/h6-8,11,13,16H,2-5,9-10H2,1H3,(H2,31,32,35)/t11-,13?,16?/m0/s1. The normalized spacial score (nSPS) is 20.1. The topological polar surface area (TPSA) is 109 Å². The lowest BCUT2D eigenvalue weighted by atomic mass is 9.92. The van der Waals surface area contributed by atoms with Crippen LogP contribution in [0.15, 0.2) is 23.3 Å². The maximum absolute atomic E-state index is 13.1. The number of alkyl halides is 6. The summed E-state index contributed by atoms with van der Waals surface area (Å²) in [4.78, 5) is 29.6. The second-order valence-electron chi connectivity index (χ2n) is 8.85. The third-order valence-electron chi connectivity index (χ3n) is 6.12. The highest BCUT2D eigenvalue weighted by Crippen LogP contribution is 2.43. The number of nitrogens with one attached hydrogen (secondary N) is 2. The predicted molar refractivity (Wildman–Crippen MR) is 116 cm³/mol. The van der Waals surface area contributed by atoms with Crippen molar-refractivity contribution in [2.24, 2.45) is 0 Å². The quantitative estimate of drug-likeness (QED) is 0.414. The number of likely N-dealkylation sites (tertiary alicyclic amines) is 1. The van der Waals surface area contributed by atoms with Crippen LogP contribution in [0.3, 0.4) is 0 Å². The van der Waals surface area contributed by atoms with Crippen molar-refractivity contribution in [1.29, 1.82) is 0 Å². The average molecular weight is 535 g/mol. The fourth-order valence-corrected chi connectivity index (χ4v) is 4.40. The SMILES string of the molecule is C[C@@H](COCCC(=O)N1CCC2c3ncc(C(F)(F)F)cc3OC2C1)Nc1cn[nH]c(=O)c1C(F)(F)F. The van der Waals surface area contributed by atoms with Gasteiger partial charge in [0.2, 0.25) is 5.91 Å². The molecule has 1 fully saturated rings. The molecule has 2 N–H and O–H groups in total. The molecule has 2 aromatic heterocycles. The van der Waals surface area contributed by atoms with Gasteiger partial charge in [0.15, 0.2) is 0 Å². The van der Waals surface area contributed by atoms with Gasteiger partial charge >= 0.3 is 12.4 Å². The lowest BCUT2D eigenvalue weighted by molar-refractivity contribution is -0.139. The zero-order valence-electron chi connectivity index (χ0n) is 19.4. The van der Waals surface area contributed by atoms with Crippen molar-refractivity contribution in [3.63, 3.8) is 0 Å². The third-order valence-corrected chi connectivity index (χ3v) is 6.12. The molecule has 2 aliphatic heterocycles. The number of aromatic amines is 1. The summed E-state index contributed by atoms with van der Waals surface area (Å²) < 4.78 is 89.4. The number of nitrogens with zero attached hydrogens (tertiary/aromatic N) is 3. The Labute approximate surface area is 206 Å². The zero-order valence-corrected chi connectivity index (χ0v) is 19.4. The smallest absolute Gasteiger partial charge is 0.423 e. The van der Waals surface area contributed by atoms with Crippen LogP contribution in [0.2, 0.25) is 0 Å². The molecule has 9 nitrogen and oxygen atoms in total. The second kappa shape index (κ2) is 10.2. The predicted octanol–water partition coefficient (Wildman–Crippen LogP) is 3.19. The zero-order chi connectivity index (χ0) is 27.0. The van der Waals surface area contributed by atoms with Crippen molar-refractivity contribution in [3.05, 3.63) is 45.6 Å². The van der Waals surface area contributed by atoms with Gasteiger partial charge in [0.1, 0.15) is 17.4 Å². The van der Waals surface area contributed by atoms with E-state index in [0.29, 0.717) is 18.7 Å². The van der Waals surface area contributed by atoms with Gasteiger partial charge < -0.3 is 19.7 Å². The second-order valence-corrected chi connectivity index (χ2v) is 8.85. The van der Waals surface area contributed by atoms with Crippen molar-refractivity contribution < 1.29 is 40.6 Å². The Kier molecular flexibility index (Phi) is 7.35. The minimum atomic E-state index is -4.87. The molecule has 202 valence electrons. The highest BCUT2D eigenvalue weighted by Gasteiger charge is 2.43. The summed E-state index contributed by atoms with van der Waals surface area (Å²) in [7, 11) is 0. The molecule has 0 aliphatic carbocycles. The molecule has 0 aromatic carbocycles. The molecule has 2 unspecified atom stereocenters. The number of aromatic nitrogens is 3. The molecule has 37 heavy (non-hydrogen) atoms. The van der Waals surface area contributed by atoms with Crippen molar-refractivity contribution >= 4 is 11.6 Å². The first kappa shape index (κ1) is 26.7. The number of carbonyl (C=O) groups excluding carboxylic acids is 1. The van der Waals surface area contributed by atoms with Crippen LogP contribution in [-0.2, 0) is 21.9 Å². The number of hydrogen-bond acceptors (Lipinski definition) is 7. The van der Waals surface area contributed by atoms with E-state index in [9.17, 15) is 35.9 Å². The van der Waals surface area contributed by atoms with Crippen LogP contribution in [0.4, 0.5) is 32.0 Å².